The smallest absolute Gasteiger partial charge is 0.160 e. The molecule has 1 fully saturated rings. The number of likely N-dealkylation sites (tertiary alicyclic amines) is 1. The molecule has 0 atom stereocenters. The first-order valence-corrected chi connectivity index (χ1v) is 13.1. The van der Waals surface area contributed by atoms with Crippen LogP contribution in [-0.4, -0.2) is 61.3 Å². The van der Waals surface area contributed by atoms with Crippen LogP contribution in [-0.2, 0) is 0 Å². The number of rotatable bonds is 7. The first-order chi connectivity index (χ1) is 19.2. The lowest BCUT2D eigenvalue weighted by atomic mass is 10.0. The van der Waals surface area contributed by atoms with Crippen LogP contribution >= 0.6 is 0 Å². The van der Waals surface area contributed by atoms with E-state index in [0.717, 1.165) is 58.5 Å². The van der Waals surface area contributed by atoms with E-state index in [0.29, 0.717) is 29.3 Å². The van der Waals surface area contributed by atoms with Gasteiger partial charge in [-0.05, 0) is 73.5 Å². The van der Waals surface area contributed by atoms with Gasteiger partial charge in [-0.25, -0.2) is 14.4 Å². The van der Waals surface area contributed by atoms with Gasteiger partial charge < -0.3 is 9.72 Å². The van der Waals surface area contributed by atoms with Crippen molar-refractivity contribution in [3.63, 3.8) is 0 Å². The summed E-state index contributed by atoms with van der Waals surface area (Å²) in [6.45, 7) is 3.90. The van der Waals surface area contributed by atoms with Crippen LogP contribution in [0.3, 0.4) is 0 Å². The average molecular weight is 520 g/mol. The van der Waals surface area contributed by atoms with E-state index in [2.05, 4.69) is 36.1 Å². The van der Waals surface area contributed by atoms with Crippen molar-refractivity contribution >= 4 is 22.1 Å². The SMILES string of the molecule is Fc1ccc(-c2ccnc3[nH]c(-c4n[nH]c5ccc(-c6cncc(OCCN7CCCC7)c6)cc45)nc23)cc1. The van der Waals surface area contributed by atoms with Gasteiger partial charge in [-0.1, -0.05) is 18.2 Å². The molecule has 194 valence electrons. The lowest BCUT2D eigenvalue weighted by molar-refractivity contribution is 0.237. The third-order valence-electron chi connectivity index (χ3n) is 7.25. The summed E-state index contributed by atoms with van der Waals surface area (Å²) in [6.07, 6.45) is 7.87. The van der Waals surface area contributed by atoms with Crippen LogP contribution in [0, 0.1) is 5.82 Å². The molecule has 0 radical (unpaired) electrons. The Morgan fingerprint density at radius 2 is 1.77 bits per heavy atom. The first kappa shape index (κ1) is 23.5. The maximum absolute atomic E-state index is 13.5. The number of nitrogens with zero attached hydrogens (tertiary/aromatic N) is 5. The van der Waals surface area contributed by atoms with Crippen LogP contribution in [0.5, 0.6) is 5.75 Å². The predicted octanol–water partition coefficient (Wildman–Crippen LogP) is 5.84. The van der Waals surface area contributed by atoms with Crippen molar-refractivity contribution in [1.82, 2.24) is 35.0 Å². The van der Waals surface area contributed by atoms with Gasteiger partial charge in [0.05, 0.1) is 11.7 Å². The molecule has 2 aromatic carbocycles. The predicted molar refractivity (Wildman–Crippen MR) is 149 cm³/mol. The van der Waals surface area contributed by atoms with Gasteiger partial charge in [0.2, 0.25) is 0 Å². The quantitative estimate of drug-likeness (QED) is 0.275. The fourth-order valence-corrected chi connectivity index (χ4v) is 5.21. The summed E-state index contributed by atoms with van der Waals surface area (Å²) in [7, 11) is 0. The van der Waals surface area contributed by atoms with E-state index >= 15 is 0 Å². The zero-order valence-corrected chi connectivity index (χ0v) is 21.2. The van der Waals surface area contributed by atoms with Crippen LogP contribution in [0.25, 0.3) is 55.8 Å². The molecular weight excluding hydrogens is 493 g/mol. The molecule has 2 N–H and O–H groups in total. The van der Waals surface area contributed by atoms with Crippen LogP contribution in [0.4, 0.5) is 4.39 Å². The van der Waals surface area contributed by atoms with E-state index in [1.54, 1.807) is 24.5 Å². The average Bonchev–Trinajstić information content (AvgIpc) is 3.73. The number of hydrogen-bond donors (Lipinski definition) is 2. The van der Waals surface area contributed by atoms with Crippen molar-refractivity contribution in [2.45, 2.75) is 12.8 Å². The van der Waals surface area contributed by atoms with Crippen LogP contribution < -0.4 is 4.74 Å². The van der Waals surface area contributed by atoms with E-state index in [1.807, 2.05) is 30.5 Å². The molecule has 4 aromatic heterocycles. The van der Waals surface area contributed by atoms with Crippen molar-refractivity contribution in [1.29, 1.82) is 0 Å². The maximum atomic E-state index is 13.5. The minimum atomic E-state index is -0.278. The van der Waals surface area contributed by atoms with E-state index in [4.69, 9.17) is 9.72 Å². The molecule has 7 rings (SSSR count). The second-order valence-electron chi connectivity index (χ2n) is 9.79. The Morgan fingerprint density at radius 1 is 0.923 bits per heavy atom. The monoisotopic (exact) mass is 519 g/mol. The molecule has 6 aromatic rings. The lowest BCUT2D eigenvalue weighted by Crippen LogP contribution is -2.25. The number of halogens is 1. The summed E-state index contributed by atoms with van der Waals surface area (Å²) < 4.78 is 19.5. The summed E-state index contributed by atoms with van der Waals surface area (Å²) in [4.78, 5) is 19.5. The molecule has 8 nitrogen and oxygen atoms in total. The van der Waals surface area contributed by atoms with Crippen molar-refractivity contribution in [2.75, 3.05) is 26.2 Å². The van der Waals surface area contributed by atoms with Crippen molar-refractivity contribution in [2.24, 2.45) is 0 Å². The standard InChI is InChI=1S/C30H26FN7O/c31-22-6-3-19(4-7-22)24-9-10-33-29-27(24)34-30(35-29)28-25-16-20(5-8-26(25)36-37-28)21-15-23(18-32-17-21)39-14-13-38-11-1-2-12-38/h3-10,15-18H,1-2,11-14H2,(H,36,37)(H,33,34,35). The molecule has 1 aliphatic rings. The highest BCUT2D eigenvalue weighted by Crippen LogP contribution is 2.33. The fraction of sp³-hybridized carbons (Fsp3) is 0.200. The molecule has 39 heavy (non-hydrogen) atoms. The molecule has 1 saturated heterocycles. The summed E-state index contributed by atoms with van der Waals surface area (Å²) in [5.74, 6) is 1.09. The number of aromatic nitrogens is 6. The third-order valence-corrected chi connectivity index (χ3v) is 7.25. The highest BCUT2D eigenvalue weighted by atomic mass is 19.1. The summed E-state index contributed by atoms with van der Waals surface area (Å²) >= 11 is 0. The van der Waals surface area contributed by atoms with Gasteiger partial charge in [0, 0.05) is 35.5 Å². The zero-order chi connectivity index (χ0) is 26.2. The van der Waals surface area contributed by atoms with Gasteiger partial charge in [0.15, 0.2) is 11.5 Å². The topological polar surface area (TPSA) is 95.6 Å². The Labute approximate surface area is 223 Å². The van der Waals surface area contributed by atoms with Gasteiger partial charge in [-0.15, -0.1) is 0 Å². The normalized spacial score (nSPS) is 14.0. The highest BCUT2D eigenvalue weighted by molar-refractivity contribution is 5.97. The molecule has 0 saturated carbocycles. The largest absolute Gasteiger partial charge is 0.491 e. The van der Waals surface area contributed by atoms with Crippen LogP contribution in [0.1, 0.15) is 12.8 Å². The summed E-state index contributed by atoms with van der Waals surface area (Å²) in [5.41, 5.74) is 6.64. The Kier molecular flexibility index (Phi) is 5.97. The molecule has 9 heteroatoms. The van der Waals surface area contributed by atoms with Gasteiger partial charge in [-0.3, -0.25) is 15.0 Å². The minimum Gasteiger partial charge on any atom is -0.491 e. The Hall–Kier alpha value is -4.63. The van der Waals surface area contributed by atoms with E-state index in [-0.39, 0.29) is 5.82 Å². The van der Waals surface area contributed by atoms with Crippen molar-refractivity contribution in [3.8, 4) is 39.5 Å². The molecule has 1 aliphatic heterocycles. The molecule has 0 aliphatic carbocycles. The van der Waals surface area contributed by atoms with Gasteiger partial charge in [0.25, 0.3) is 0 Å². The second kappa shape index (κ2) is 9.92. The van der Waals surface area contributed by atoms with Gasteiger partial charge in [0.1, 0.15) is 29.4 Å². The van der Waals surface area contributed by atoms with Crippen LogP contribution in [0.2, 0.25) is 0 Å². The molecule has 0 bridgehead atoms. The number of pyridine rings is 2. The first-order valence-electron chi connectivity index (χ1n) is 13.1. The number of benzene rings is 2. The number of aromatic amines is 2. The Bertz CT molecular complexity index is 1770. The molecule has 0 amide bonds. The molecular formula is C30H26FN7O. The maximum Gasteiger partial charge on any atom is 0.160 e. The number of ether oxygens (including phenoxy) is 1. The fourth-order valence-electron chi connectivity index (χ4n) is 5.21. The number of imidazole rings is 1. The zero-order valence-electron chi connectivity index (χ0n) is 21.2. The molecule has 5 heterocycles. The minimum absolute atomic E-state index is 0.278. The number of fused-ring (bicyclic) bond motifs is 2. The van der Waals surface area contributed by atoms with Crippen molar-refractivity contribution in [3.05, 3.63) is 79.0 Å². The number of nitrogens with one attached hydrogen (secondary N) is 2. The number of hydrogen-bond acceptors (Lipinski definition) is 6. The van der Waals surface area contributed by atoms with Gasteiger partial charge >= 0.3 is 0 Å². The molecule has 0 spiro atoms. The van der Waals surface area contributed by atoms with Crippen molar-refractivity contribution < 1.29 is 9.13 Å². The van der Waals surface area contributed by atoms with E-state index in [1.165, 1.54) is 25.0 Å². The Balaban J connectivity index is 1.20. The van der Waals surface area contributed by atoms with E-state index in [9.17, 15) is 4.39 Å². The number of H-pyrrole nitrogens is 2. The van der Waals surface area contributed by atoms with Crippen LogP contribution in [0.15, 0.2) is 73.2 Å². The third kappa shape index (κ3) is 4.61. The summed E-state index contributed by atoms with van der Waals surface area (Å²) in [5, 5.41) is 8.60. The summed E-state index contributed by atoms with van der Waals surface area (Å²) in [6, 6.07) is 16.4. The van der Waals surface area contributed by atoms with Gasteiger partial charge in [-0.2, -0.15) is 5.10 Å². The highest BCUT2D eigenvalue weighted by Gasteiger charge is 2.17. The van der Waals surface area contributed by atoms with E-state index < -0.39 is 0 Å². The lowest BCUT2D eigenvalue weighted by Gasteiger charge is -2.15. The Morgan fingerprint density at radius 3 is 2.64 bits per heavy atom. The second-order valence-corrected chi connectivity index (χ2v) is 9.79. The molecule has 0 unspecified atom stereocenters.